The molecule has 3 nitrogen and oxygen atoms in total. The van der Waals surface area contributed by atoms with Crippen LogP contribution in [-0.2, 0) is 9.53 Å². The minimum Gasteiger partial charge on any atom is -0.468 e. The normalized spacial score (nSPS) is 20.6. The lowest BCUT2D eigenvalue weighted by Crippen LogP contribution is -2.08. The van der Waals surface area contributed by atoms with Crippen LogP contribution in [-0.4, -0.2) is 18.3 Å². The molecular formula is C11H14O3S. The molecule has 1 aliphatic rings. The molecule has 0 spiro atoms. The molecule has 1 atom stereocenters. The number of furan rings is 1. The van der Waals surface area contributed by atoms with Crippen molar-refractivity contribution in [2.75, 3.05) is 12.4 Å². The van der Waals surface area contributed by atoms with Gasteiger partial charge in [-0.3, -0.25) is 4.79 Å². The van der Waals surface area contributed by atoms with Crippen molar-refractivity contribution in [3.63, 3.8) is 0 Å². The molecule has 0 N–H and O–H groups in total. The molecule has 4 heteroatoms. The minimum atomic E-state index is -0.0282. The first kappa shape index (κ1) is 10.6. The first-order valence-electron chi connectivity index (χ1n) is 5.11. The van der Waals surface area contributed by atoms with Gasteiger partial charge in [-0.2, -0.15) is 0 Å². The number of cyclic esters (lactones) is 1. The SMILES string of the molecule is Cc1occc1SCC[C@H]1CCOC1=O. The fourth-order valence-corrected chi connectivity index (χ4v) is 2.66. The van der Waals surface area contributed by atoms with E-state index in [0.29, 0.717) is 6.61 Å². The van der Waals surface area contributed by atoms with E-state index in [0.717, 1.165) is 24.4 Å². The number of ether oxygens (including phenoxy) is 1. The van der Waals surface area contributed by atoms with Crippen LogP contribution in [0.3, 0.4) is 0 Å². The molecule has 1 aromatic heterocycles. The summed E-state index contributed by atoms with van der Waals surface area (Å²) in [4.78, 5) is 12.4. The number of carbonyl (C=O) groups is 1. The Labute approximate surface area is 93.2 Å². The van der Waals surface area contributed by atoms with Crippen molar-refractivity contribution in [3.05, 3.63) is 18.1 Å². The summed E-state index contributed by atoms with van der Waals surface area (Å²) in [5.41, 5.74) is 0. The molecular weight excluding hydrogens is 212 g/mol. The smallest absolute Gasteiger partial charge is 0.309 e. The molecule has 2 rings (SSSR count). The van der Waals surface area contributed by atoms with Crippen molar-refractivity contribution in [1.29, 1.82) is 0 Å². The third-order valence-electron chi connectivity index (χ3n) is 2.58. The molecule has 15 heavy (non-hydrogen) atoms. The molecule has 0 bridgehead atoms. The molecule has 0 aromatic carbocycles. The second-order valence-electron chi connectivity index (χ2n) is 3.63. The van der Waals surface area contributed by atoms with Gasteiger partial charge in [-0.25, -0.2) is 0 Å². The van der Waals surface area contributed by atoms with Gasteiger partial charge in [0, 0.05) is 4.90 Å². The van der Waals surface area contributed by atoms with Crippen LogP contribution in [0.2, 0.25) is 0 Å². The Morgan fingerprint density at radius 1 is 1.60 bits per heavy atom. The molecule has 82 valence electrons. The van der Waals surface area contributed by atoms with E-state index in [2.05, 4.69) is 0 Å². The second kappa shape index (κ2) is 4.75. The van der Waals surface area contributed by atoms with Gasteiger partial charge in [-0.1, -0.05) is 0 Å². The highest BCUT2D eigenvalue weighted by molar-refractivity contribution is 7.99. The summed E-state index contributed by atoms with van der Waals surface area (Å²) >= 11 is 1.74. The highest BCUT2D eigenvalue weighted by atomic mass is 32.2. The monoisotopic (exact) mass is 226 g/mol. The van der Waals surface area contributed by atoms with E-state index in [-0.39, 0.29) is 11.9 Å². The second-order valence-corrected chi connectivity index (χ2v) is 4.77. The highest BCUT2D eigenvalue weighted by Crippen LogP contribution is 2.27. The van der Waals surface area contributed by atoms with Gasteiger partial charge in [0.05, 0.1) is 18.8 Å². The topological polar surface area (TPSA) is 39.4 Å². The Bertz CT molecular complexity index is 345. The molecule has 1 saturated heterocycles. The summed E-state index contributed by atoms with van der Waals surface area (Å²) in [5, 5.41) is 0. The predicted molar refractivity (Wildman–Crippen MR) is 57.9 cm³/mol. The van der Waals surface area contributed by atoms with E-state index in [4.69, 9.17) is 9.15 Å². The molecule has 1 aromatic rings. The number of rotatable bonds is 4. The van der Waals surface area contributed by atoms with Crippen molar-refractivity contribution in [2.24, 2.45) is 5.92 Å². The number of thioether (sulfide) groups is 1. The predicted octanol–water partition coefficient (Wildman–Crippen LogP) is 2.63. The van der Waals surface area contributed by atoms with E-state index >= 15 is 0 Å². The first-order chi connectivity index (χ1) is 7.27. The molecule has 0 unspecified atom stereocenters. The van der Waals surface area contributed by atoms with Crippen molar-refractivity contribution >= 4 is 17.7 Å². The van der Waals surface area contributed by atoms with Gasteiger partial charge in [0.15, 0.2) is 0 Å². The van der Waals surface area contributed by atoms with Crippen LogP contribution in [0.25, 0.3) is 0 Å². The summed E-state index contributed by atoms with van der Waals surface area (Å²) in [6.45, 7) is 2.55. The van der Waals surface area contributed by atoms with Crippen molar-refractivity contribution < 1.29 is 13.9 Å². The number of carbonyl (C=O) groups excluding carboxylic acids is 1. The maximum absolute atomic E-state index is 11.2. The van der Waals surface area contributed by atoms with Crippen LogP contribution in [0, 0.1) is 12.8 Å². The molecule has 0 saturated carbocycles. The Hall–Kier alpha value is -0.900. The maximum atomic E-state index is 11.2. The Balaban J connectivity index is 1.75. The van der Waals surface area contributed by atoms with Gasteiger partial charge < -0.3 is 9.15 Å². The van der Waals surface area contributed by atoms with Crippen LogP contribution in [0.15, 0.2) is 21.6 Å². The van der Waals surface area contributed by atoms with Crippen LogP contribution in [0.5, 0.6) is 0 Å². The number of hydrogen-bond donors (Lipinski definition) is 0. The van der Waals surface area contributed by atoms with Gasteiger partial charge in [0.1, 0.15) is 5.76 Å². The highest BCUT2D eigenvalue weighted by Gasteiger charge is 2.25. The van der Waals surface area contributed by atoms with Crippen LogP contribution in [0.4, 0.5) is 0 Å². The van der Waals surface area contributed by atoms with Crippen LogP contribution < -0.4 is 0 Å². The van der Waals surface area contributed by atoms with E-state index in [1.165, 1.54) is 4.90 Å². The average molecular weight is 226 g/mol. The zero-order chi connectivity index (χ0) is 10.7. The van der Waals surface area contributed by atoms with Gasteiger partial charge in [-0.05, 0) is 31.6 Å². The summed E-state index contributed by atoms with van der Waals surface area (Å²) in [7, 11) is 0. The van der Waals surface area contributed by atoms with E-state index in [1.54, 1.807) is 18.0 Å². The zero-order valence-corrected chi connectivity index (χ0v) is 9.51. The average Bonchev–Trinajstić information content (AvgIpc) is 2.78. The fourth-order valence-electron chi connectivity index (χ4n) is 1.63. The largest absolute Gasteiger partial charge is 0.468 e. The van der Waals surface area contributed by atoms with Gasteiger partial charge in [0.2, 0.25) is 0 Å². The Kier molecular flexibility index (Phi) is 3.36. The molecule has 0 aliphatic carbocycles. The van der Waals surface area contributed by atoms with Crippen LogP contribution in [0.1, 0.15) is 18.6 Å². The number of aryl methyl sites for hydroxylation is 1. The van der Waals surface area contributed by atoms with Crippen molar-refractivity contribution in [3.8, 4) is 0 Å². The Morgan fingerprint density at radius 2 is 2.47 bits per heavy atom. The number of hydrogen-bond acceptors (Lipinski definition) is 4. The summed E-state index contributed by atoms with van der Waals surface area (Å²) < 4.78 is 10.1. The fraction of sp³-hybridized carbons (Fsp3) is 0.545. The zero-order valence-electron chi connectivity index (χ0n) is 8.69. The van der Waals surface area contributed by atoms with E-state index < -0.39 is 0 Å². The van der Waals surface area contributed by atoms with Crippen molar-refractivity contribution in [2.45, 2.75) is 24.7 Å². The summed E-state index contributed by atoms with van der Waals surface area (Å²) in [6.07, 6.45) is 3.47. The molecule has 0 radical (unpaired) electrons. The third kappa shape index (κ3) is 2.56. The van der Waals surface area contributed by atoms with E-state index in [9.17, 15) is 4.79 Å². The molecule has 0 amide bonds. The quantitative estimate of drug-likeness (QED) is 0.584. The minimum absolute atomic E-state index is 0.0282. The lowest BCUT2D eigenvalue weighted by molar-refractivity contribution is -0.141. The third-order valence-corrected chi connectivity index (χ3v) is 3.75. The molecule has 1 fully saturated rings. The van der Waals surface area contributed by atoms with Crippen molar-refractivity contribution in [1.82, 2.24) is 0 Å². The molecule has 2 heterocycles. The lowest BCUT2D eigenvalue weighted by Gasteiger charge is -2.03. The number of esters is 1. The van der Waals surface area contributed by atoms with Gasteiger partial charge >= 0.3 is 5.97 Å². The first-order valence-corrected chi connectivity index (χ1v) is 6.09. The van der Waals surface area contributed by atoms with Gasteiger partial charge in [0.25, 0.3) is 0 Å². The summed E-state index contributed by atoms with van der Waals surface area (Å²) in [5.74, 6) is 1.98. The maximum Gasteiger partial charge on any atom is 0.309 e. The van der Waals surface area contributed by atoms with Crippen LogP contribution >= 0.6 is 11.8 Å². The van der Waals surface area contributed by atoms with E-state index in [1.807, 2.05) is 13.0 Å². The standard InChI is InChI=1S/C11H14O3S/c1-8-10(3-6-13-8)15-7-4-9-2-5-14-11(9)12/h3,6,9H,2,4-5,7H2,1H3/t9-/m1/s1. The lowest BCUT2D eigenvalue weighted by atomic mass is 10.1. The Morgan fingerprint density at radius 3 is 3.07 bits per heavy atom. The summed E-state index contributed by atoms with van der Waals surface area (Å²) in [6, 6.07) is 1.97. The van der Waals surface area contributed by atoms with Gasteiger partial charge in [-0.15, -0.1) is 11.8 Å². The molecule has 1 aliphatic heterocycles.